The van der Waals surface area contributed by atoms with E-state index in [0.29, 0.717) is 6.10 Å². The Bertz CT molecular complexity index is 342. The highest BCUT2D eigenvalue weighted by atomic mass is 32.1. The summed E-state index contributed by atoms with van der Waals surface area (Å²) < 4.78 is 5.83. The van der Waals surface area contributed by atoms with E-state index in [0.717, 1.165) is 42.7 Å². The predicted molar refractivity (Wildman–Crippen MR) is 69.2 cm³/mol. The molecule has 1 aromatic heterocycles. The highest BCUT2D eigenvalue weighted by molar-refractivity contribution is 7.11. The fourth-order valence-corrected chi connectivity index (χ4v) is 2.92. The Balaban J connectivity index is 1.80. The summed E-state index contributed by atoms with van der Waals surface area (Å²) in [6.07, 6.45) is 3.95. The van der Waals surface area contributed by atoms with Gasteiger partial charge in [-0.15, -0.1) is 21.5 Å². The molecule has 2 heterocycles. The van der Waals surface area contributed by atoms with Crippen LogP contribution in [-0.2, 0) is 11.3 Å². The highest BCUT2D eigenvalue weighted by Gasteiger charge is 2.21. The molecule has 1 atom stereocenters. The van der Waals surface area contributed by atoms with Gasteiger partial charge >= 0.3 is 0 Å². The van der Waals surface area contributed by atoms with Crippen molar-refractivity contribution < 1.29 is 4.74 Å². The van der Waals surface area contributed by atoms with Crippen molar-refractivity contribution in [3.63, 3.8) is 0 Å². The van der Waals surface area contributed by atoms with Crippen molar-refractivity contribution in [2.45, 2.75) is 45.8 Å². The lowest BCUT2D eigenvalue weighted by Crippen LogP contribution is -2.39. The topological polar surface area (TPSA) is 38.2 Å². The Labute approximate surface area is 107 Å². The molecule has 0 radical (unpaired) electrons. The Morgan fingerprint density at radius 1 is 1.47 bits per heavy atom. The summed E-state index contributed by atoms with van der Waals surface area (Å²) in [6.45, 7) is 8.17. The van der Waals surface area contributed by atoms with Crippen LogP contribution in [0.1, 0.15) is 36.2 Å². The van der Waals surface area contributed by atoms with Gasteiger partial charge in [-0.2, -0.15) is 0 Å². The molecule has 1 aromatic rings. The maximum Gasteiger partial charge on any atom is 0.131 e. The van der Waals surface area contributed by atoms with Crippen LogP contribution >= 0.6 is 11.3 Å². The summed E-state index contributed by atoms with van der Waals surface area (Å²) in [5.41, 5.74) is 0. The average Bonchev–Trinajstić information content (AvgIpc) is 2.73. The molecular weight excluding hydrogens is 234 g/mol. The molecule has 0 aromatic carbocycles. The molecule has 0 amide bonds. The molecule has 0 spiro atoms. The van der Waals surface area contributed by atoms with E-state index in [4.69, 9.17) is 4.74 Å². The first-order valence-electron chi connectivity index (χ1n) is 6.41. The minimum absolute atomic E-state index is 0.415. The van der Waals surface area contributed by atoms with Crippen molar-refractivity contribution in [1.82, 2.24) is 15.1 Å². The van der Waals surface area contributed by atoms with Crippen molar-refractivity contribution in [2.24, 2.45) is 0 Å². The number of aromatic nitrogens is 2. The van der Waals surface area contributed by atoms with Gasteiger partial charge in [-0.1, -0.05) is 6.92 Å². The molecule has 1 aliphatic heterocycles. The zero-order valence-corrected chi connectivity index (χ0v) is 11.5. The SMILES string of the molecule is CCCO[C@H]1CCCN(Cc2nnc(C)s2)C1. The molecule has 1 saturated heterocycles. The Morgan fingerprint density at radius 3 is 3.06 bits per heavy atom. The van der Waals surface area contributed by atoms with Crippen LogP contribution in [0, 0.1) is 6.92 Å². The van der Waals surface area contributed by atoms with E-state index < -0.39 is 0 Å². The quantitative estimate of drug-likeness (QED) is 0.809. The van der Waals surface area contributed by atoms with Crippen LogP contribution in [0.5, 0.6) is 0 Å². The molecule has 0 saturated carbocycles. The van der Waals surface area contributed by atoms with Crippen LogP contribution in [0.4, 0.5) is 0 Å². The lowest BCUT2D eigenvalue weighted by Gasteiger charge is -2.31. The third kappa shape index (κ3) is 4.01. The van der Waals surface area contributed by atoms with Crippen molar-refractivity contribution >= 4 is 11.3 Å². The number of nitrogens with zero attached hydrogens (tertiary/aromatic N) is 3. The average molecular weight is 255 g/mol. The molecule has 96 valence electrons. The molecular formula is C12H21N3OS. The lowest BCUT2D eigenvalue weighted by molar-refractivity contribution is -0.00228. The third-order valence-corrected chi connectivity index (χ3v) is 3.77. The Morgan fingerprint density at radius 2 is 2.35 bits per heavy atom. The van der Waals surface area contributed by atoms with Crippen LogP contribution in [-0.4, -0.2) is 40.9 Å². The Kier molecular flexibility index (Phi) is 4.88. The van der Waals surface area contributed by atoms with E-state index in [1.54, 1.807) is 11.3 Å². The minimum atomic E-state index is 0.415. The molecule has 17 heavy (non-hydrogen) atoms. The van der Waals surface area contributed by atoms with Gasteiger partial charge in [0.05, 0.1) is 12.6 Å². The monoisotopic (exact) mass is 255 g/mol. The van der Waals surface area contributed by atoms with Crippen LogP contribution in [0.25, 0.3) is 0 Å². The van der Waals surface area contributed by atoms with Gasteiger partial charge in [0.15, 0.2) is 0 Å². The van der Waals surface area contributed by atoms with Crippen LogP contribution in [0.15, 0.2) is 0 Å². The molecule has 1 aliphatic rings. The van der Waals surface area contributed by atoms with E-state index in [1.165, 1.54) is 12.8 Å². The van der Waals surface area contributed by atoms with Gasteiger partial charge in [-0.05, 0) is 32.7 Å². The van der Waals surface area contributed by atoms with Gasteiger partial charge in [0.25, 0.3) is 0 Å². The smallest absolute Gasteiger partial charge is 0.131 e. The molecule has 4 nitrogen and oxygen atoms in total. The number of rotatable bonds is 5. The van der Waals surface area contributed by atoms with E-state index in [2.05, 4.69) is 22.0 Å². The fourth-order valence-electron chi connectivity index (χ4n) is 2.17. The summed E-state index contributed by atoms with van der Waals surface area (Å²) in [5.74, 6) is 0. The van der Waals surface area contributed by atoms with Crippen molar-refractivity contribution in [3.05, 3.63) is 10.0 Å². The van der Waals surface area contributed by atoms with Crippen molar-refractivity contribution in [3.8, 4) is 0 Å². The molecule has 0 aliphatic carbocycles. The van der Waals surface area contributed by atoms with Gasteiger partial charge in [-0.3, -0.25) is 4.90 Å². The third-order valence-electron chi connectivity index (χ3n) is 2.95. The zero-order valence-electron chi connectivity index (χ0n) is 10.7. The van der Waals surface area contributed by atoms with Crippen LogP contribution < -0.4 is 0 Å². The molecule has 0 unspecified atom stereocenters. The molecule has 0 N–H and O–H groups in total. The molecule has 0 bridgehead atoms. The van der Waals surface area contributed by atoms with E-state index >= 15 is 0 Å². The van der Waals surface area contributed by atoms with E-state index in [1.807, 2.05) is 6.92 Å². The second-order valence-electron chi connectivity index (χ2n) is 4.58. The van der Waals surface area contributed by atoms with Gasteiger partial charge < -0.3 is 4.74 Å². The lowest BCUT2D eigenvalue weighted by atomic mass is 10.1. The van der Waals surface area contributed by atoms with Gasteiger partial charge in [0.2, 0.25) is 0 Å². The van der Waals surface area contributed by atoms with E-state index in [-0.39, 0.29) is 0 Å². The zero-order chi connectivity index (χ0) is 12.1. The van der Waals surface area contributed by atoms with Crippen molar-refractivity contribution in [2.75, 3.05) is 19.7 Å². The molecule has 1 fully saturated rings. The summed E-state index contributed by atoms with van der Waals surface area (Å²) in [4.78, 5) is 2.43. The van der Waals surface area contributed by atoms with Crippen LogP contribution in [0.2, 0.25) is 0 Å². The first-order valence-corrected chi connectivity index (χ1v) is 7.22. The number of likely N-dealkylation sites (tertiary alicyclic amines) is 1. The van der Waals surface area contributed by atoms with E-state index in [9.17, 15) is 0 Å². The number of ether oxygens (including phenoxy) is 1. The number of hydrogen-bond acceptors (Lipinski definition) is 5. The predicted octanol–water partition coefficient (Wildman–Crippen LogP) is 2.24. The van der Waals surface area contributed by atoms with Crippen molar-refractivity contribution in [1.29, 1.82) is 0 Å². The summed E-state index contributed by atoms with van der Waals surface area (Å²) in [7, 11) is 0. The Hall–Kier alpha value is -0.520. The summed E-state index contributed by atoms with van der Waals surface area (Å²) in [6, 6.07) is 0. The number of aryl methyl sites for hydroxylation is 1. The fraction of sp³-hybridized carbons (Fsp3) is 0.833. The number of hydrogen-bond donors (Lipinski definition) is 0. The van der Waals surface area contributed by atoms with Gasteiger partial charge in [0.1, 0.15) is 10.0 Å². The largest absolute Gasteiger partial charge is 0.377 e. The minimum Gasteiger partial charge on any atom is -0.377 e. The normalized spacial score (nSPS) is 21.9. The molecule has 2 rings (SSSR count). The number of piperidine rings is 1. The molecule has 5 heteroatoms. The van der Waals surface area contributed by atoms with Gasteiger partial charge in [-0.25, -0.2) is 0 Å². The van der Waals surface area contributed by atoms with Crippen LogP contribution in [0.3, 0.4) is 0 Å². The first-order chi connectivity index (χ1) is 8.28. The maximum atomic E-state index is 5.83. The summed E-state index contributed by atoms with van der Waals surface area (Å²) >= 11 is 1.70. The first kappa shape index (κ1) is 12.9. The standard InChI is InChI=1S/C12H21N3OS/c1-3-7-16-11-5-4-6-15(8-11)9-12-14-13-10(2)17-12/h11H,3-9H2,1-2H3/t11-/m0/s1. The maximum absolute atomic E-state index is 5.83. The summed E-state index contributed by atoms with van der Waals surface area (Å²) in [5, 5.41) is 10.4. The van der Waals surface area contributed by atoms with Gasteiger partial charge in [0, 0.05) is 13.2 Å². The highest BCUT2D eigenvalue weighted by Crippen LogP contribution is 2.17. The second kappa shape index (κ2) is 6.42. The second-order valence-corrected chi connectivity index (χ2v) is 5.85.